The zero-order chi connectivity index (χ0) is 15.5. The Morgan fingerprint density at radius 1 is 1.09 bits per heavy atom. The number of fused-ring (bicyclic) bond motifs is 5. The van der Waals surface area contributed by atoms with Gasteiger partial charge in [-0.25, -0.2) is 0 Å². The maximum atomic E-state index is 12.4. The van der Waals surface area contributed by atoms with Crippen molar-refractivity contribution in [3.05, 3.63) is 11.6 Å². The largest absolute Gasteiger partial charge is 0.377 e. The molecule has 0 saturated heterocycles. The topological polar surface area (TPSA) is 26.3 Å². The first-order valence-electron chi connectivity index (χ1n) is 9.27. The third-order valence-electron chi connectivity index (χ3n) is 8.03. The lowest BCUT2D eigenvalue weighted by Crippen LogP contribution is -2.51. The van der Waals surface area contributed by atoms with Gasteiger partial charge in [-0.05, 0) is 73.7 Å². The second-order valence-electron chi connectivity index (χ2n) is 8.72. The molecular formula is C20H30O2. The van der Waals surface area contributed by atoms with Crippen LogP contribution in [0.1, 0.15) is 65.2 Å². The molecule has 2 heteroatoms. The molecule has 4 aliphatic rings. The molecule has 0 radical (unpaired) electrons. The lowest BCUT2D eigenvalue weighted by molar-refractivity contribution is -0.132. The normalized spacial score (nSPS) is 50.9. The lowest BCUT2D eigenvalue weighted by Gasteiger charge is -2.57. The first kappa shape index (κ1) is 14.9. The Hall–Kier alpha value is -0.630. The van der Waals surface area contributed by atoms with E-state index in [2.05, 4.69) is 19.9 Å². The van der Waals surface area contributed by atoms with Crippen LogP contribution in [-0.2, 0) is 9.53 Å². The van der Waals surface area contributed by atoms with Crippen LogP contribution in [-0.4, -0.2) is 19.0 Å². The molecule has 0 bridgehead atoms. The molecule has 0 aromatic carbocycles. The molecule has 4 rings (SSSR count). The van der Waals surface area contributed by atoms with E-state index < -0.39 is 0 Å². The van der Waals surface area contributed by atoms with Gasteiger partial charge in [-0.15, -0.1) is 0 Å². The van der Waals surface area contributed by atoms with Crippen molar-refractivity contribution in [2.45, 2.75) is 71.3 Å². The fraction of sp³-hybridized carbons (Fsp3) is 0.850. The molecule has 0 aromatic rings. The van der Waals surface area contributed by atoms with Crippen LogP contribution in [0, 0.1) is 28.6 Å². The minimum atomic E-state index is -0.00179. The summed E-state index contributed by atoms with van der Waals surface area (Å²) < 4.78 is 5.81. The molecule has 0 spiro atoms. The molecule has 2 nitrogen and oxygen atoms in total. The molecule has 22 heavy (non-hydrogen) atoms. The van der Waals surface area contributed by atoms with Crippen molar-refractivity contribution in [3.8, 4) is 0 Å². The minimum absolute atomic E-state index is 0.00179. The first-order chi connectivity index (χ1) is 10.5. The number of hydrogen-bond acceptors (Lipinski definition) is 2. The van der Waals surface area contributed by atoms with Crippen molar-refractivity contribution in [2.75, 3.05) is 7.11 Å². The number of ketones is 1. The van der Waals surface area contributed by atoms with E-state index in [1.807, 2.05) is 7.11 Å². The summed E-state index contributed by atoms with van der Waals surface area (Å²) in [6.45, 7) is 4.77. The third kappa shape index (κ3) is 1.79. The summed E-state index contributed by atoms with van der Waals surface area (Å²) in [4.78, 5) is 12.4. The van der Waals surface area contributed by atoms with E-state index in [0.717, 1.165) is 31.1 Å². The zero-order valence-electron chi connectivity index (χ0n) is 14.4. The number of Topliss-reactive ketones (excluding diaryl/α,β-unsaturated/α-hetero) is 1. The Morgan fingerprint density at radius 2 is 1.86 bits per heavy atom. The fourth-order valence-electron chi connectivity index (χ4n) is 6.77. The van der Waals surface area contributed by atoms with Crippen molar-refractivity contribution in [2.24, 2.45) is 28.6 Å². The van der Waals surface area contributed by atoms with Crippen LogP contribution < -0.4 is 0 Å². The van der Waals surface area contributed by atoms with E-state index in [1.54, 1.807) is 5.57 Å². The summed E-state index contributed by atoms with van der Waals surface area (Å²) >= 11 is 0. The number of ether oxygens (including phenoxy) is 1. The van der Waals surface area contributed by atoms with E-state index in [9.17, 15) is 4.79 Å². The molecular weight excluding hydrogens is 272 g/mol. The van der Waals surface area contributed by atoms with E-state index in [0.29, 0.717) is 23.2 Å². The molecule has 6 atom stereocenters. The Balaban J connectivity index is 1.71. The van der Waals surface area contributed by atoms with Crippen LogP contribution in [0.4, 0.5) is 0 Å². The summed E-state index contributed by atoms with van der Waals surface area (Å²) in [6.07, 6.45) is 12.2. The number of methoxy groups -OCH3 is 1. The summed E-state index contributed by atoms with van der Waals surface area (Å²) in [6, 6.07) is 0. The standard InChI is InChI=1S/C20H30O2/c1-19-11-4-5-17(22-3)16(19)7-6-13-14-8-9-18(21)20(14,2)12-10-15(13)19/h7,13-15,17H,4-6,8-12H2,1-3H3/t13-,14-,15-,17-,19+,20-/m0/s1. The van der Waals surface area contributed by atoms with Gasteiger partial charge in [0.25, 0.3) is 0 Å². The van der Waals surface area contributed by atoms with Gasteiger partial charge in [-0.3, -0.25) is 4.79 Å². The number of carbonyl (C=O) groups excluding carboxylic acids is 1. The summed E-state index contributed by atoms with van der Waals surface area (Å²) in [5.41, 5.74) is 1.92. The maximum Gasteiger partial charge on any atom is 0.139 e. The first-order valence-corrected chi connectivity index (χ1v) is 9.27. The highest BCUT2D eigenvalue weighted by Gasteiger charge is 2.58. The van der Waals surface area contributed by atoms with Crippen molar-refractivity contribution < 1.29 is 9.53 Å². The zero-order valence-corrected chi connectivity index (χ0v) is 14.4. The van der Waals surface area contributed by atoms with E-state index >= 15 is 0 Å². The summed E-state index contributed by atoms with van der Waals surface area (Å²) in [5.74, 6) is 2.69. The van der Waals surface area contributed by atoms with Crippen molar-refractivity contribution in [1.29, 1.82) is 0 Å². The molecule has 0 aromatic heterocycles. The molecule has 0 N–H and O–H groups in total. The molecule has 4 aliphatic carbocycles. The van der Waals surface area contributed by atoms with Crippen LogP contribution in [0.5, 0.6) is 0 Å². The van der Waals surface area contributed by atoms with E-state index in [1.165, 1.54) is 32.1 Å². The number of hydrogen-bond donors (Lipinski definition) is 0. The van der Waals surface area contributed by atoms with Crippen molar-refractivity contribution >= 4 is 5.78 Å². The summed E-state index contributed by atoms with van der Waals surface area (Å²) in [7, 11) is 1.87. The van der Waals surface area contributed by atoms with Crippen molar-refractivity contribution in [1.82, 2.24) is 0 Å². The highest BCUT2D eigenvalue weighted by atomic mass is 16.5. The third-order valence-corrected chi connectivity index (χ3v) is 8.03. The van der Waals surface area contributed by atoms with Gasteiger partial charge in [0.15, 0.2) is 0 Å². The Kier molecular flexibility index (Phi) is 3.35. The van der Waals surface area contributed by atoms with Gasteiger partial charge in [0.1, 0.15) is 5.78 Å². The average Bonchev–Trinajstić information content (AvgIpc) is 2.81. The van der Waals surface area contributed by atoms with E-state index in [-0.39, 0.29) is 5.41 Å². The second-order valence-corrected chi connectivity index (χ2v) is 8.72. The number of rotatable bonds is 1. The van der Waals surface area contributed by atoms with Gasteiger partial charge in [0.2, 0.25) is 0 Å². The Labute approximate surface area is 134 Å². The van der Waals surface area contributed by atoms with Gasteiger partial charge in [-0.2, -0.15) is 0 Å². The molecule has 0 heterocycles. The highest BCUT2D eigenvalue weighted by Crippen LogP contribution is 2.64. The van der Waals surface area contributed by atoms with Crippen LogP contribution in [0.3, 0.4) is 0 Å². The molecule has 0 unspecified atom stereocenters. The highest BCUT2D eigenvalue weighted by molar-refractivity contribution is 5.87. The molecule has 0 aliphatic heterocycles. The van der Waals surface area contributed by atoms with Gasteiger partial charge >= 0.3 is 0 Å². The predicted octanol–water partition coefficient (Wildman–Crippen LogP) is 4.53. The van der Waals surface area contributed by atoms with Crippen LogP contribution in [0.25, 0.3) is 0 Å². The van der Waals surface area contributed by atoms with E-state index in [4.69, 9.17) is 4.74 Å². The Bertz CT molecular complexity index is 522. The SMILES string of the molecule is CO[C@H]1CCC[C@@]2(C)C1=CC[C@@H]1[C@@H]2CC[C@]2(C)C(=O)CC[C@@H]12. The van der Waals surface area contributed by atoms with Gasteiger partial charge in [0.05, 0.1) is 6.10 Å². The monoisotopic (exact) mass is 302 g/mol. The molecule has 3 saturated carbocycles. The van der Waals surface area contributed by atoms with Gasteiger partial charge in [0, 0.05) is 18.9 Å². The molecule has 3 fully saturated rings. The fourth-order valence-corrected chi connectivity index (χ4v) is 6.77. The molecule has 122 valence electrons. The van der Waals surface area contributed by atoms with Gasteiger partial charge < -0.3 is 4.74 Å². The van der Waals surface area contributed by atoms with Crippen LogP contribution >= 0.6 is 0 Å². The van der Waals surface area contributed by atoms with Crippen LogP contribution in [0.15, 0.2) is 11.6 Å². The van der Waals surface area contributed by atoms with Crippen LogP contribution in [0.2, 0.25) is 0 Å². The summed E-state index contributed by atoms with van der Waals surface area (Å²) in [5, 5.41) is 0. The Morgan fingerprint density at radius 3 is 2.64 bits per heavy atom. The van der Waals surface area contributed by atoms with Gasteiger partial charge in [-0.1, -0.05) is 19.9 Å². The van der Waals surface area contributed by atoms with Crippen molar-refractivity contribution in [3.63, 3.8) is 0 Å². The predicted molar refractivity (Wildman–Crippen MR) is 87.5 cm³/mol. The smallest absolute Gasteiger partial charge is 0.139 e. The quantitative estimate of drug-likeness (QED) is 0.665. The lowest BCUT2D eigenvalue weighted by atomic mass is 9.48. The minimum Gasteiger partial charge on any atom is -0.377 e. The molecule has 0 amide bonds. The number of carbonyl (C=O) groups is 1. The number of allylic oxidation sites excluding steroid dienone is 1. The average molecular weight is 302 g/mol. The maximum absolute atomic E-state index is 12.4. The second kappa shape index (κ2) is 4.93.